The Kier molecular flexibility index (Phi) is 6.75. The smallest absolute Gasteiger partial charge is 0.257 e. The maximum atomic E-state index is 13.7. The molecule has 0 unspecified atom stereocenters. The van der Waals surface area contributed by atoms with Crippen LogP contribution in [0.15, 0.2) is 36.5 Å². The summed E-state index contributed by atoms with van der Waals surface area (Å²) in [6, 6.07) is 9.75. The fourth-order valence-electron chi connectivity index (χ4n) is 3.24. The molecule has 2 aromatic heterocycles. The highest BCUT2D eigenvalue weighted by Gasteiger charge is 2.23. The van der Waals surface area contributed by atoms with Crippen molar-refractivity contribution >= 4 is 52.5 Å². The van der Waals surface area contributed by atoms with Gasteiger partial charge in [-0.3, -0.25) is 4.79 Å². The van der Waals surface area contributed by atoms with E-state index in [1.807, 2.05) is 41.8 Å². The normalized spacial score (nSPS) is 13.4. The minimum Gasteiger partial charge on any atom is -0.354 e. The Hall–Kier alpha value is -2.89. The van der Waals surface area contributed by atoms with Crippen LogP contribution in [0.4, 0.5) is 15.8 Å². The summed E-state index contributed by atoms with van der Waals surface area (Å²) in [5.74, 6) is 1.11. The van der Waals surface area contributed by atoms with Crippen molar-refractivity contribution in [1.29, 1.82) is 5.26 Å². The van der Waals surface area contributed by atoms with Gasteiger partial charge in [-0.25, -0.2) is 14.4 Å². The number of pyridine rings is 2. The molecule has 1 aromatic carbocycles. The molecule has 6 nitrogen and oxygen atoms in total. The van der Waals surface area contributed by atoms with Crippen molar-refractivity contribution in [2.24, 2.45) is 0 Å². The molecule has 3 aromatic rings. The predicted octanol–water partition coefficient (Wildman–Crippen LogP) is 4.30. The first kappa shape index (κ1) is 21.8. The average Bonchev–Trinajstić information content (AvgIpc) is 2.75. The number of carbonyl (C=O) groups is 1. The first-order chi connectivity index (χ1) is 14.1. The van der Waals surface area contributed by atoms with E-state index < -0.39 is 5.82 Å². The van der Waals surface area contributed by atoms with Gasteiger partial charge in [0, 0.05) is 47.6 Å². The molecule has 3 heterocycles. The van der Waals surface area contributed by atoms with E-state index in [4.69, 9.17) is 5.26 Å². The molecule has 9 heteroatoms. The number of halogens is 2. The maximum absolute atomic E-state index is 13.7. The summed E-state index contributed by atoms with van der Waals surface area (Å²) in [7, 11) is 0. The third kappa shape index (κ3) is 4.32. The van der Waals surface area contributed by atoms with Gasteiger partial charge in [-0.15, -0.1) is 12.4 Å². The zero-order chi connectivity index (χ0) is 20.4. The molecule has 1 amide bonds. The van der Waals surface area contributed by atoms with Crippen LogP contribution in [-0.2, 0) is 0 Å². The molecule has 1 saturated heterocycles. The van der Waals surface area contributed by atoms with Gasteiger partial charge >= 0.3 is 0 Å². The van der Waals surface area contributed by atoms with E-state index >= 15 is 0 Å². The zero-order valence-corrected chi connectivity index (χ0v) is 17.8. The van der Waals surface area contributed by atoms with E-state index in [1.54, 1.807) is 0 Å². The first-order valence-corrected chi connectivity index (χ1v) is 10.3. The third-order valence-corrected chi connectivity index (χ3v) is 5.70. The van der Waals surface area contributed by atoms with Crippen LogP contribution in [0.1, 0.15) is 21.6 Å². The fraction of sp³-hybridized carbons (Fsp3) is 0.238. The van der Waals surface area contributed by atoms with Crippen LogP contribution in [0.5, 0.6) is 0 Å². The second-order valence-corrected chi connectivity index (χ2v) is 7.93. The van der Waals surface area contributed by atoms with E-state index in [0.717, 1.165) is 17.2 Å². The van der Waals surface area contributed by atoms with Crippen LogP contribution in [0.3, 0.4) is 0 Å². The van der Waals surface area contributed by atoms with Gasteiger partial charge in [0.15, 0.2) is 5.65 Å². The lowest BCUT2D eigenvalue weighted by Crippen LogP contribution is -2.38. The number of thioether (sulfide) groups is 1. The molecular weight excluding hydrogens is 425 g/mol. The summed E-state index contributed by atoms with van der Waals surface area (Å²) in [6.45, 7) is 3.24. The number of nitrogens with zero attached hydrogens (tertiary/aromatic N) is 4. The molecule has 0 bridgehead atoms. The van der Waals surface area contributed by atoms with Gasteiger partial charge in [0.1, 0.15) is 11.9 Å². The summed E-state index contributed by atoms with van der Waals surface area (Å²) < 4.78 is 13.7. The van der Waals surface area contributed by atoms with Crippen molar-refractivity contribution in [3.05, 3.63) is 59.2 Å². The number of hydrogen-bond donors (Lipinski definition) is 1. The third-order valence-electron chi connectivity index (χ3n) is 4.75. The van der Waals surface area contributed by atoms with Crippen molar-refractivity contribution < 1.29 is 9.18 Å². The molecule has 30 heavy (non-hydrogen) atoms. The Morgan fingerprint density at radius 1 is 1.27 bits per heavy atom. The number of amides is 1. The minimum absolute atomic E-state index is 0. The van der Waals surface area contributed by atoms with Crippen molar-refractivity contribution in [3.63, 3.8) is 0 Å². The molecule has 0 aliphatic carbocycles. The Labute approximate surface area is 183 Å². The molecule has 154 valence electrons. The van der Waals surface area contributed by atoms with E-state index in [-0.39, 0.29) is 23.9 Å². The molecule has 0 radical (unpaired) electrons. The average molecular weight is 444 g/mol. The lowest BCUT2D eigenvalue weighted by Gasteiger charge is -2.27. The predicted molar refractivity (Wildman–Crippen MR) is 119 cm³/mol. The summed E-state index contributed by atoms with van der Waals surface area (Å²) >= 11 is 1.83. The van der Waals surface area contributed by atoms with E-state index in [9.17, 15) is 9.18 Å². The van der Waals surface area contributed by atoms with Crippen LogP contribution in [0.25, 0.3) is 11.0 Å². The summed E-state index contributed by atoms with van der Waals surface area (Å²) in [5.41, 5.74) is 2.76. The molecule has 0 saturated carbocycles. The van der Waals surface area contributed by atoms with Crippen LogP contribution in [0, 0.1) is 24.1 Å². The zero-order valence-electron chi connectivity index (χ0n) is 16.2. The van der Waals surface area contributed by atoms with Crippen molar-refractivity contribution in [2.75, 3.05) is 29.9 Å². The largest absolute Gasteiger partial charge is 0.354 e. The SMILES string of the molecule is Cc1ccc2c(Nc3ccc(F)c(C#N)c3)c(C(=O)N3CCSCC3)cnc2n1.Cl. The number of aryl methyl sites for hydroxylation is 1. The number of anilines is 2. The van der Waals surface area contributed by atoms with E-state index in [1.165, 1.54) is 24.4 Å². The van der Waals surface area contributed by atoms with Gasteiger partial charge in [-0.2, -0.15) is 17.0 Å². The highest BCUT2D eigenvalue weighted by molar-refractivity contribution is 7.99. The fourth-order valence-corrected chi connectivity index (χ4v) is 4.14. The van der Waals surface area contributed by atoms with E-state index in [2.05, 4.69) is 15.3 Å². The Bertz CT molecular complexity index is 1140. The Morgan fingerprint density at radius 2 is 2.03 bits per heavy atom. The van der Waals surface area contributed by atoms with Gasteiger partial charge in [0.2, 0.25) is 0 Å². The summed E-state index contributed by atoms with van der Waals surface area (Å²) in [4.78, 5) is 23.9. The number of aromatic nitrogens is 2. The number of nitriles is 1. The second kappa shape index (κ2) is 9.28. The molecular formula is C21H19ClFN5OS. The lowest BCUT2D eigenvalue weighted by molar-refractivity contribution is 0.0773. The summed E-state index contributed by atoms with van der Waals surface area (Å²) in [6.07, 6.45) is 1.54. The number of benzene rings is 1. The molecule has 0 spiro atoms. The monoisotopic (exact) mass is 443 g/mol. The Morgan fingerprint density at radius 3 is 2.77 bits per heavy atom. The van der Waals surface area contributed by atoms with Crippen molar-refractivity contribution in [1.82, 2.24) is 14.9 Å². The van der Waals surface area contributed by atoms with Crippen LogP contribution in [-0.4, -0.2) is 45.4 Å². The van der Waals surface area contributed by atoms with Crippen molar-refractivity contribution in [2.45, 2.75) is 6.92 Å². The van der Waals surface area contributed by atoms with Crippen LogP contribution >= 0.6 is 24.2 Å². The highest BCUT2D eigenvalue weighted by atomic mass is 35.5. The lowest BCUT2D eigenvalue weighted by atomic mass is 10.1. The quantitative estimate of drug-likeness (QED) is 0.649. The minimum atomic E-state index is -0.586. The maximum Gasteiger partial charge on any atom is 0.257 e. The van der Waals surface area contributed by atoms with E-state index in [0.29, 0.717) is 41.1 Å². The standard InChI is InChI=1S/C21H18FN5OS.ClH/c1-13-2-4-16-19(26-15-3-5-18(22)14(10-15)11-23)17(12-24-20(16)25-13)21(28)27-6-8-29-9-7-27;/h2-5,10,12H,6-9H2,1H3,(H,24,25,26);1H. The summed E-state index contributed by atoms with van der Waals surface area (Å²) in [5, 5.41) is 13.0. The molecule has 1 fully saturated rings. The molecule has 1 aliphatic heterocycles. The number of carbonyl (C=O) groups excluding carboxylic acids is 1. The first-order valence-electron chi connectivity index (χ1n) is 9.17. The van der Waals surface area contributed by atoms with Gasteiger partial charge in [0.05, 0.1) is 16.8 Å². The number of rotatable bonds is 3. The van der Waals surface area contributed by atoms with Crippen LogP contribution < -0.4 is 5.32 Å². The Balaban J connectivity index is 0.00000256. The highest BCUT2D eigenvalue weighted by Crippen LogP contribution is 2.30. The van der Waals surface area contributed by atoms with Gasteiger partial charge in [-0.1, -0.05) is 0 Å². The number of fused-ring (bicyclic) bond motifs is 1. The molecule has 0 atom stereocenters. The molecule has 1 aliphatic rings. The van der Waals surface area contributed by atoms with Gasteiger partial charge in [-0.05, 0) is 37.3 Å². The van der Waals surface area contributed by atoms with Gasteiger partial charge < -0.3 is 10.2 Å². The topological polar surface area (TPSA) is 81.9 Å². The van der Waals surface area contributed by atoms with Gasteiger partial charge in [0.25, 0.3) is 5.91 Å². The number of hydrogen-bond acceptors (Lipinski definition) is 6. The molecule has 4 rings (SSSR count). The van der Waals surface area contributed by atoms with Crippen LogP contribution in [0.2, 0.25) is 0 Å². The number of nitrogens with one attached hydrogen (secondary N) is 1. The van der Waals surface area contributed by atoms with Crippen molar-refractivity contribution in [3.8, 4) is 6.07 Å². The molecule has 1 N–H and O–H groups in total. The second-order valence-electron chi connectivity index (χ2n) is 6.71.